The van der Waals surface area contributed by atoms with E-state index >= 15 is 0 Å². The first kappa shape index (κ1) is 31.4. The van der Waals surface area contributed by atoms with Crippen molar-refractivity contribution in [2.24, 2.45) is 0 Å². The van der Waals surface area contributed by atoms with E-state index in [1.54, 1.807) is 24.3 Å². The van der Waals surface area contributed by atoms with Crippen molar-refractivity contribution >= 4 is 12.1 Å². The minimum absolute atomic E-state index is 0.117. The Hall–Kier alpha value is -2.82. The van der Waals surface area contributed by atoms with Crippen LogP contribution in [-0.2, 0) is 17.6 Å². The summed E-state index contributed by atoms with van der Waals surface area (Å²) in [7, 11) is 1.29. The van der Waals surface area contributed by atoms with Gasteiger partial charge in [-0.3, -0.25) is 0 Å². The van der Waals surface area contributed by atoms with Crippen molar-refractivity contribution in [3.05, 3.63) is 59.2 Å². The number of hydrogen-bond acceptors (Lipinski definition) is 5. The Bertz CT molecular complexity index is 916. The molecule has 0 bridgehead atoms. The van der Waals surface area contributed by atoms with Gasteiger partial charge >= 0.3 is 12.1 Å². The van der Waals surface area contributed by atoms with Crippen molar-refractivity contribution in [2.45, 2.75) is 117 Å². The van der Waals surface area contributed by atoms with Gasteiger partial charge in [0.25, 0.3) is 0 Å². The first-order chi connectivity index (χ1) is 18.6. The summed E-state index contributed by atoms with van der Waals surface area (Å²) in [4.78, 5) is 24.6. The molecular formula is C33H48O5. The summed E-state index contributed by atoms with van der Waals surface area (Å²) in [5.41, 5.74) is 2.56. The highest BCUT2D eigenvalue weighted by atomic mass is 16.7. The average Bonchev–Trinajstić information content (AvgIpc) is 2.92. The average molecular weight is 525 g/mol. The summed E-state index contributed by atoms with van der Waals surface area (Å²) in [6, 6.07) is 12.6. The number of esters is 1. The van der Waals surface area contributed by atoms with Gasteiger partial charge in [-0.15, -0.1) is 0 Å². The first-order valence-corrected chi connectivity index (χ1v) is 14.8. The number of ether oxygens (including phenoxy) is 3. The molecular weight excluding hydrogens is 476 g/mol. The number of para-hydroxylation sites is 1. The maximum absolute atomic E-state index is 12.6. The molecule has 2 aromatic carbocycles. The number of aryl methyl sites for hydroxylation is 2. The smallest absolute Gasteiger partial charge is 0.465 e. The maximum atomic E-state index is 12.6. The van der Waals surface area contributed by atoms with Crippen LogP contribution in [0.3, 0.4) is 0 Å². The molecule has 0 radical (unpaired) electrons. The summed E-state index contributed by atoms with van der Waals surface area (Å²) in [6.45, 7) is 4.49. The first-order valence-electron chi connectivity index (χ1n) is 14.8. The Labute approximate surface area is 230 Å². The third kappa shape index (κ3) is 12.6. The van der Waals surface area contributed by atoms with Crippen LogP contribution in [0.5, 0.6) is 11.5 Å². The minimum Gasteiger partial charge on any atom is -0.465 e. The zero-order valence-corrected chi connectivity index (χ0v) is 23.9. The molecule has 5 nitrogen and oxygen atoms in total. The molecule has 0 amide bonds. The fourth-order valence-electron chi connectivity index (χ4n) is 4.69. The number of carbonyl (C=O) groups excluding carboxylic acids is 2. The molecule has 0 atom stereocenters. The molecule has 0 fully saturated rings. The predicted octanol–water partition coefficient (Wildman–Crippen LogP) is 9.64. The van der Waals surface area contributed by atoms with Crippen LogP contribution in [0.4, 0.5) is 4.79 Å². The third-order valence-corrected chi connectivity index (χ3v) is 6.85. The van der Waals surface area contributed by atoms with E-state index in [0.717, 1.165) is 25.7 Å². The fourth-order valence-corrected chi connectivity index (χ4v) is 4.69. The van der Waals surface area contributed by atoms with E-state index in [4.69, 9.17) is 14.2 Å². The van der Waals surface area contributed by atoms with Gasteiger partial charge in [0, 0.05) is 0 Å². The van der Waals surface area contributed by atoms with Crippen molar-refractivity contribution in [1.29, 1.82) is 0 Å². The third-order valence-electron chi connectivity index (χ3n) is 6.85. The Morgan fingerprint density at radius 1 is 0.632 bits per heavy atom. The van der Waals surface area contributed by atoms with Crippen LogP contribution in [-0.4, -0.2) is 19.2 Å². The van der Waals surface area contributed by atoms with Gasteiger partial charge < -0.3 is 14.2 Å². The SMILES string of the molecule is CCCCCCCCCc1cc(CCCCCCCCC)cc(OC(=O)Oc2ccccc2C(=O)OC)c1. The van der Waals surface area contributed by atoms with E-state index in [-0.39, 0.29) is 11.3 Å². The zero-order valence-electron chi connectivity index (χ0n) is 23.9. The van der Waals surface area contributed by atoms with E-state index in [9.17, 15) is 9.59 Å². The van der Waals surface area contributed by atoms with Gasteiger partial charge in [0.2, 0.25) is 0 Å². The topological polar surface area (TPSA) is 61.8 Å². The van der Waals surface area contributed by atoms with Gasteiger partial charge in [-0.05, 0) is 61.1 Å². The van der Waals surface area contributed by atoms with Crippen LogP contribution in [0.25, 0.3) is 0 Å². The lowest BCUT2D eigenvalue weighted by atomic mass is 9.99. The van der Waals surface area contributed by atoms with Crippen LogP contribution in [0, 0.1) is 0 Å². The molecule has 0 unspecified atom stereocenters. The lowest BCUT2D eigenvalue weighted by Gasteiger charge is -2.12. The summed E-state index contributed by atoms with van der Waals surface area (Å²) in [5, 5.41) is 0. The molecule has 0 aliphatic rings. The predicted molar refractivity (Wildman–Crippen MR) is 154 cm³/mol. The van der Waals surface area contributed by atoms with Crippen LogP contribution < -0.4 is 9.47 Å². The van der Waals surface area contributed by atoms with E-state index < -0.39 is 12.1 Å². The molecule has 0 N–H and O–H groups in total. The number of methoxy groups -OCH3 is 1. The summed E-state index contributed by atoms with van der Waals surface area (Å²) in [5.74, 6) is 0.0397. The van der Waals surface area contributed by atoms with Gasteiger partial charge in [0.1, 0.15) is 17.1 Å². The van der Waals surface area contributed by atoms with Crippen LogP contribution in [0.1, 0.15) is 125 Å². The summed E-state index contributed by atoms with van der Waals surface area (Å²) in [6.07, 6.45) is 18.7. The second-order valence-corrected chi connectivity index (χ2v) is 10.2. The van der Waals surface area contributed by atoms with Crippen molar-refractivity contribution in [1.82, 2.24) is 0 Å². The lowest BCUT2D eigenvalue weighted by molar-refractivity contribution is 0.0597. The number of carbonyl (C=O) groups is 2. The Morgan fingerprint density at radius 2 is 1.13 bits per heavy atom. The number of hydrogen-bond donors (Lipinski definition) is 0. The van der Waals surface area contributed by atoms with Gasteiger partial charge in [-0.1, -0.05) is 109 Å². The summed E-state index contributed by atoms with van der Waals surface area (Å²) < 4.78 is 15.8. The fraction of sp³-hybridized carbons (Fsp3) is 0.576. The highest BCUT2D eigenvalue weighted by Gasteiger charge is 2.17. The van der Waals surface area contributed by atoms with Crippen molar-refractivity contribution in [2.75, 3.05) is 7.11 Å². The standard InChI is InChI=1S/C33H48O5/c1-4-6-8-10-12-14-16-20-27-24-28(21-17-15-13-11-9-7-5-2)26-29(25-27)37-33(35)38-31-23-19-18-22-30(31)32(34)36-3/h18-19,22-26H,4-17,20-21H2,1-3H3. The Balaban J connectivity index is 2.00. The normalized spacial score (nSPS) is 10.8. The van der Waals surface area contributed by atoms with Crippen molar-refractivity contribution in [3.63, 3.8) is 0 Å². The summed E-state index contributed by atoms with van der Waals surface area (Å²) >= 11 is 0. The van der Waals surface area contributed by atoms with Crippen molar-refractivity contribution in [3.8, 4) is 11.5 Å². The van der Waals surface area contributed by atoms with E-state index in [1.807, 2.05) is 12.1 Å². The molecule has 0 aliphatic heterocycles. The van der Waals surface area contributed by atoms with Crippen LogP contribution >= 0.6 is 0 Å². The highest BCUT2D eigenvalue weighted by molar-refractivity contribution is 5.93. The number of benzene rings is 2. The monoisotopic (exact) mass is 524 g/mol. The van der Waals surface area contributed by atoms with E-state index in [1.165, 1.54) is 95.3 Å². The Morgan fingerprint density at radius 3 is 1.66 bits per heavy atom. The van der Waals surface area contributed by atoms with Gasteiger partial charge in [-0.25, -0.2) is 9.59 Å². The molecule has 0 heterocycles. The minimum atomic E-state index is -0.865. The Kier molecular flexibility index (Phi) is 15.9. The molecule has 5 heteroatoms. The zero-order chi connectivity index (χ0) is 27.4. The lowest BCUT2D eigenvalue weighted by Crippen LogP contribution is -2.16. The second-order valence-electron chi connectivity index (χ2n) is 10.2. The second kappa shape index (κ2) is 19.3. The quantitative estimate of drug-likeness (QED) is 0.104. The van der Waals surface area contributed by atoms with Gasteiger partial charge in [0.15, 0.2) is 0 Å². The molecule has 0 aliphatic carbocycles. The van der Waals surface area contributed by atoms with Crippen LogP contribution in [0.2, 0.25) is 0 Å². The number of unbranched alkanes of at least 4 members (excludes halogenated alkanes) is 12. The van der Waals surface area contributed by atoms with Crippen molar-refractivity contribution < 1.29 is 23.8 Å². The molecule has 0 saturated heterocycles. The van der Waals surface area contributed by atoms with E-state index in [2.05, 4.69) is 19.9 Å². The van der Waals surface area contributed by atoms with Gasteiger partial charge in [-0.2, -0.15) is 0 Å². The van der Waals surface area contributed by atoms with Gasteiger partial charge in [0.05, 0.1) is 7.11 Å². The number of rotatable bonds is 19. The molecule has 0 saturated carbocycles. The van der Waals surface area contributed by atoms with E-state index in [0.29, 0.717) is 5.75 Å². The highest BCUT2D eigenvalue weighted by Crippen LogP contribution is 2.24. The van der Waals surface area contributed by atoms with Crippen LogP contribution in [0.15, 0.2) is 42.5 Å². The maximum Gasteiger partial charge on any atom is 0.519 e. The molecule has 0 aromatic heterocycles. The molecule has 2 aromatic rings. The molecule has 210 valence electrons. The molecule has 38 heavy (non-hydrogen) atoms. The largest absolute Gasteiger partial charge is 0.519 e. The molecule has 2 rings (SSSR count). The molecule has 0 spiro atoms.